The van der Waals surface area contributed by atoms with Crippen LogP contribution in [-0.2, 0) is 4.79 Å². The van der Waals surface area contributed by atoms with Crippen LogP contribution in [0.5, 0.6) is 0 Å². The molecular weight excluding hydrogens is 454 g/mol. The Balaban J connectivity index is 3.49. The maximum Gasteiger partial charge on any atom is 0.317 e. The van der Waals surface area contributed by atoms with Crippen molar-refractivity contribution in [1.29, 1.82) is 0 Å². The van der Waals surface area contributed by atoms with Gasteiger partial charge in [-0.05, 0) is 25.9 Å². The van der Waals surface area contributed by atoms with Crippen molar-refractivity contribution >= 4 is 5.97 Å². The summed E-state index contributed by atoms with van der Waals surface area (Å²) in [5, 5.41) is 9.27. The lowest BCUT2D eigenvalue weighted by molar-refractivity contribution is -0.138. The lowest BCUT2D eigenvalue weighted by Gasteiger charge is -2.20. The van der Waals surface area contributed by atoms with Crippen molar-refractivity contribution in [1.82, 2.24) is 4.90 Å². The van der Waals surface area contributed by atoms with E-state index in [2.05, 4.69) is 18.7 Å². The van der Waals surface area contributed by atoms with Gasteiger partial charge in [0.15, 0.2) is 0 Å². The molecule has 222 valence electrons. The predicted molar refractivity (Wildman–Crippen MR) is 165 cm³/mol. The van der Waals surface area contributed by atoms with Gasteiger partial charge in [-0.2, -0.15) is 0 Å². The zero-order valence-electron chi connectivity index (χ0n) is 25.7. The van der Waals surface area contributed by atoms with Crippen molar-refractivity contribution in [3.05, 3.63) is 0 Å². The zero-order chi connectivity index (χ0) is 27.1. The van der Waals surface area contributed by atoms with E-state index in [4.69, 9.17) is 0 Å². The SMILES string of the molecule is CCCCCCCCCCCCCCCCN(CCCCCCCCCCCCCCCC)CC(=O)O. The van der Waals surface area contributed by atoms with Gasteiger partial charge in [-0.3, -0.25) is 9.69 Å². The van der Waals surface area contributed by atoms with Gasteiger partial charge in [-0.1, -0.05) is 181 Å². The van der Waals surface area contributed by atoms with Crippen LogP contribution in [0.15, 0.2) is 0 Å². The van der Waals surface area contributed by atoms with Crippen molar-refractivity contribution < 1.29 is 9.90 Å². The highest BCUT2D eigenvalue weighted by atomic mass is 16.4. The lowest BCUT2D eigenvalue weighted by atomic mass is 10.0. The van der Waals surface area contributed by atoms with Crippen LogP contribution in [0.2, 0.25) is 0 Å². The van der Waals surface area contributed by atoms with Gasteiger partial charge in [0.05, 0.1) is 6.54 Å². The summed E-state index contributed by atoms with van der Waals surface area (Å²) in [4.78, 5) is 13.4. The highest BCUT2D eigenvalue weighted by molar-refractivity contribution is 5.69. The van der Waals surface area contributed by atoms with Gasteiger partial charge in [0.1, 0.15) is 0 Å². The molecule has 3 heteroatoms. The van der Waals surface area contributed by atoms with E-state index in [1.165, 1.54) is 167 Å². The number of hydrogen-bond acceptors (Lipinski definition) is 2. The highest BCUT2D eigenvalue weighted by Gasteiger charge is 2.09. The van der Waals surface area contributed by atoms with Crippen molar-refractivity contribution in [2.24, 2.45) is 0 Å². The molecule has 0 saturated carbocycles. The maximum absolute atomic E-state index is 11.3. The first kappa shape index (κ1) is 36.4. The Labute approximate surface area is 233 Å². The fourth-order valence-corrected chi connectivity index (χ4v) is 5.52. The van der Waals surface area contributed by atoms with Gasteiger partial charge >= 0.3 is 5.97 Å². The largest absolute Gasteiger partial charge is 0.480 e. The molecular formula is C34H69NO2. The maximum atomic E-state index is 11.3. The molecule has 0 fully saturated rings. The average molecular weight is 524 g/mol. The summed E-state index contributed by atoms with van der Waals surface area (Å²) < 4.78 is 0. The first-order valence-corrected chi connectivity index (χ1v) is 17.1. The Morgan fingerprint density at radius 1 is 0.405 bits per heavy atom. The number of unbranched alkanes of at least 4 members (excludes halogenated alkanes) is 26. The topological polar surface area (TPSA) is 40.5 Å². The minimum atomic E-state index is -0.671. The number of carboxylic acids is 1. The molecule has 0 amide bonds. The number of carboxylic acid groups (broad SMARTS) is 1. The molecule has 0 bridgehead atoms. The molecule has 0 aromatic carbocycles. The van der Waals surface area contributed by atoms with E-state index in [9.17, 15) is 9.90 Å². The van der Waals surface area contributed by atoms with Gasteiger partial charge in [-0.15, -0.1) is 0 Å². The number of aliphatic carboxylic acids is 1. The van der Waals surface area contributed by atoms with Crippen LogP contribution in [0, 0.1) is 0 Å². The van der Waals surface area contributed by atoms with E-state index < -0.39 is 5.97 Å². The molecule has 0 unspecified atom stereocenters. The summed E-state index contributed by atoms with van der Waals surface area (Å²) in [6, 6.07) is 0. The molecule has 0 atom stereocenters. The third kappa shape index (κ3) is 31.5. The molecule has 0 radical (unpaired) electrons. The van der Waals surface area contributed by atoms with E-state index >= 15 is 0 Å². The van der Waals surface area contributed by atoms with Gasteiger partial charge < -0.3 is 5.11 Å². The molecule has 0 saturated heterocycles. The van der Waals surface area contributed by atoms with Crippen LogP contribution in [0.4, 0.5) is 0 Å². The standard InChI is InChI=1S/C34H69NO2/c1-3-5-7-9-11-13-15-17-19-21-23-25-27-29-31-35(33-34(36)37)32-30-28-26-24-22-20-18-16-14-12-10-8-6-4-2/h3-33H2,1-2H3,(H,36,37). The van der Waals surface area contributed by atoms with Crippen molar-refractivity contribution in [3.63, 3.8) is 0 Å². The van der Waals surface area contributed by atoms with Crippen LogP contribution < -0.4 is 0 Å². The molecule has 3 nitrogen and oxygen atoms in total. The van der Waals surface area contributed by atoms with E-state index in [-0.39, 0.29) is 6.54 Å². The number of carbonyl (C=O) groups is 1. The molecule has 0 aromatic heterocycles. The smallest absolute Gasteiger partial charge is 0.317 e. The molecule has 0 spiro atoms. The Morgan fingerprint density at radius 3 is 0.838 bits per heavy atom. The molecule has 0 heterocycles. The number of rotatable bonds is 32. The van der Waals surface area contributed by atoms with E-state index in [0.29, 0.717) is 0 Å². The van der Waals surface area contributed by atoms with E-state index in [1.807, 2.05) is 0 Å². The summed E-state index contributed by atoms with van der Waals surface area (Å²) >= 11 is 0. The van der Waals surface area contributed by atoms with Crippen molar-refractivity contribution in [2.45, 2.75) is 194 Å². The molecule has 0 aliphatic rings. The molecule has 1 N–H and O–H groups in total. The second-order valence-corrected chi connectivity index (χ2v) is 11.9. The fourth-order valence-electron chi connectivity index (χ4n) is 5.52. The zero-order valence-corrected chi connectivity index (χ0v) is 25.7. The minimum Gasteiger partial charge on any atom is -0.480 e. The van der Waals surface area contributed by atoms with Crippen LogP contribution in [-0.4, -0.2) is 35.6 Å². The van der Waals surface area contributed by atoms with Crippen LogP contribution in [0.25, 0.3) is 0 Å². The Morgan fingerprint density at radius 2 is 0.622 bits per heavy atom. The monoisotopic (exact) mass is 524 g/mol. The van der Waals surface area contributed by atoms with Gasteiger partial charge in [0, 0.05) is 0 Å². The third-order valence-corrected chi connectivity index (χ3v) is 8.01. The van der Waals surface area contributed by atoms with E-state index in [1.54, 1.807) is 0 Å². The number of nitrogens with zero attached hydrogens (tertiary/aromatic N) is 1. The van der Waals surface area contributed by atoms with Gasteiger partial charge in [0.25, 0.3) is 0 Å². The summed E-state index contributed by atoms with van der Waals surface area (Å²) in [6.45, 7) is 6.71. The fraction of sp³-hybridized carbons (Fsp3) is 0.971. The summed E-state index contributed by atoms with van der Waals surface area (Å²) in [5.74, 6) is -0.671. The Hall–Kier alpha value is -0.570. The minimum absolute atomic E-state index is 0.219. The van der Waals surface area contributed by atoms with Crippen molar-refractivity contribution in [3.8, 4) is 0 Å². The van der Waals surface area contributed by atoms with E-state index in [0.717, 1.165) is 25.9 Å². The summed E-state index contributed by atoms with van der Waals surface area (Å²) in [7, 11) is 0. The quantitative estimate of drug-likeness (QED) is 0.0891. The highest BCUT2D eigenvalue weighted by Crippen LogP contribution is 2.15. The molecule has 0 rings (SSSR count). The Kier molecular flexibility index (Phi) is 31.2. The summed E-state index contributed by atoms with van der Waals surface area (Å²) in [5.41, 5.74) is 0. The lowest BCUT2D eigenvalue weighted by Crippen LogP contribution is -2.31. The van der Waals surface area contributed by atoms with Gasteiger partial charge in [-0.25, -0.2) is 0 Å². The first-order valence-electron chi connectivity index (χ1n) is 17.1. The predicted octanol–water partition coefficient (Wildman–Crippen LogP) is 11.3. The average Bonchev–Trinajstić information content (AvgIpc) is 2.88. The third-order valence-electron chi connectivity index (χ3n) is 8.01. The molecule has 0 aromatic rings. The normalized spacial score (nSPS) is 11.5. The summed E-state index contributed by atoms with van der Waals surface area (Å²) in [6.07, 6.45) is 38.4. The van der Waals surface area contributed by atoms with Crippen molar-refractivity contribution in [2.75, 3.05) is 19.6 Å². The molecule has 0 aliphatic carbocycles. The molecule has 0 aliphatic heterocycles. The first-order chi connectivity index (χ1) is 18.2. The molecule has 37 heavy (non-hydrogen) atoms. The van der Waals surface area contributed by atoms with Gasteiger partial charge in [0.2, 0.25) is 0 Å². The Bertz CT molecular complexity index is 408. The second-order valence-electron chi connectivity index (χ2n) is 11.9. The van der Waals surface area contributed by atoms with Crippen LogP contribution >= 0.6 is 0 Å². The second kappa shape index (κ2) is 31.6. The van der Waals surface area contributed by atoms with Crippen LogP contribution in [0.3, 0.4) is 0 Å². The number of hydrogen-bond donors (Lipinski definition) is 1. The van der Waals surface area contributed by atoms with Crippen LogP contribution in [0.1, 0.15) is 194 Å².